The summed E-state index contributed by atoms with van der Waals surface area (Å²) >= 11 is 0. The summed E-state index contributed by atoms with van der Waals surface area (Å²) in [5, 5.41) is 5.39. The summed E-state index contributed by atoms with van der Waals surface area (Å²) in [5.41, 5.74) is 4.22. The smallest absolute Gasteiger partial charge is 0.264 e. The number of H-pyrrole nitrogens is 2. The van der Waals surface area contributed by atoms with E-state index >= 15 is 0 Å². The minimum atomic E-state index is -0.154. The molecule has 1 aromatic heterocycles. The predicted octanol–water partition coefficient (Wildman–Crippen LogP) is 3.29. The maximum absolute atomic E-state index is 13.0. The lowest BCUT2D eigenvalue weighted by atomic mass is 10.00. The standard InChI is InChI=1S/C22H23N3O3/c1-2-19-14-28-11-10-25(19)22(27)18-5-3-4-17(12-18)15-6-8-16(9-7-15)20-13-21(26)24-23-20/h3-9,12-13,19H,2,10-11,14H2,1H3,(H2,23,24,26)/t19-/m1/s1. The van der Waals surface area contributed by atoms with Crippen LogP contribution in [0.2, 0.25) is 0 Å². The molecular formula is C22H23N3O3. The molecule has 0 saturated carbocycles. The van der Waals surface area contributed by atoms with Gasteiger partial charge in [0.15, 0.2) is 0 Å². The summed E-state index contributed by atoms with van der Waals surface area (Å²) < 4.78 is 5.51. The van der Waals surface area contributed by atoms with Crippen LogP contribution in [0.25, 0.3) is 22.4 Å². The number of carbonyl (C=O) groups is 1. The SMILES string of the molecule is CC[C@@H]1COCCN1C(=O)c1cccc(-c2ccc(-c3cc(=O)[nH][nH]3)cc2)c1. The highest BCUT2D eigenvalue weighted by molar-refractivity contribution is 5.95. The molecule has 144 valence electrons. The van der Waals surface area contributed by atoms with Gasteiger partial charge in [-0.2, -0.15) is 0 Å². The topological polar surface area (TPSA) is 78.2 Å². The maximum Gasteiger partial charge on any atom is 0.264 e. The zero-order chi connectivity index (χ0) is 19.5. The van der Waals surface area contributed by atoms with Crippen LogP contribution in [0.5, 0.6) is 0 Å². The molecular weight excluding hydrogens is 354 g/mol. The van der Waals surface area contributed by atoms with Gasteiger partial charge in [-0.1, -0.05) is 43.3 Å². The minimum absolute atomic E-state index is 0.0542. The number of aromatic amines is 2. The molecule has 1 fully saturated rings. The van der Waals surface area contributed by atoms with Crippen molar-refractivity contribution in [2.75, 3.05) is 19.8 Å². The molecule has 1 saturated heterocycles. The second kappa shape index (κ2) is 7.86. The maximum atomic E-state index is 13.0. The molecule has 0 spiro atoms. The fraction of sp³-hybridized carbons (Fsp3) is 0.273. The fourth-order valence-electron chi connectivity index (χ4n) is 3.59. The van der Waals surface area contributed by atoms with E-state index < -0.39 is 0 Å². The van der Waals surface area contributed by atoms with Crippen LogP contribution in [0.4, 0.5) is 0 Å². The highest BCUT2D eigenvalue weighted by Crippen LogP contribution is 2.25. The predicted molar refractivity (Wildman–Crippen MR) is 108 cm³/mol. The minimum Gasteiger partial charge on any atom is -0.377 e. The van der Waals surface area contributed by atoms with Gasteiger partial charge in [-0.3, -0.25) is 19.8 Å². The normalized spacial score (nSPS) is 16.9. The summed E-state index contributed by atoms with van der Waals surface area (Å²) in [5.74, 6) is 0.0542. The number of benzene rings is 2. The van der Waals surface area contributed by atoms with Gasteiger partial charge in [-0.15, -0.1) is 0 Å². The van der Waals surface area contributed by atoms with E-state index in [1.807, 2.05) is 53.4 Å². The van der Waals surface area contributed by atoms with Crippen LogP contribution in [-0.4, -0.2) is 46.8 Å². The van der Waals surface area contributed by atoms with Crippen molar-refractivity contribution in [3.8, 4) is 22.4 Å². The second-order valence-electron chi connectivity index (χ2n) is 6.97. The van der Waals surface area contributed by atoms with Crippen molar-refractivity contribution < 1.29 is 9.53 Å². The number of carbonyl (C=O) groups excluding carboxylic acids is 1. The van der Waals surface area contributed by atoms with Crippen molar-refractivity contribution in [1.29, 1.82) is 0 Å². The summed E-state index contributed by atoms with van der Waals surface area (Å²) in [4.78, 5) is 26.2. The second-order valence-corrected chi connectivity index (χ2v) is 6.97. The van der Waals surface area contributed by atoms with E-state index in [2.05, 4.69) is 17.1 Å². The molecule has 6 nitrogen and oxygen atoms in total. The van der Waals surface area contributed by atoms with Gasteiger partial charge < -0.3 is 9.64 Å². The van der Waals surface area contributed by atoms with Gasteiger partial charge in [-0.05, 0) is 35.2 Å². The molecule has 3 aromatic rings. The Balaban J connectivity index is 1.58. The van der Waals surface area contributed by atoms with Crippen LogP contribution in [0.3, 0.4) is 0 Å². The average Bonchev–Trinajstić information content (AvgIpc) is 3.19. The van der Waals surface area contributed by atoms with E-state index in [1.165, 1.54) is 6.07 Å². The van der Waals surface area contributed by atoms with Gasteiger partial charge >= 0.3 is 0 Å². The zero-order valence-corrected chi connectivity index (χ0v) is 15.8. The third kappa shape index (κ3) is 3.64. The molecule has 0 unspecified atom stereocenters. The Bertz CT molecular complexity index is 1020. The van der Waals surface area contributed by atoms with Gasteiger partial charge in [0.05, 0.1) is 24.9 Å². The number of nitrogens with zero attached hydrogens (tertiary/aromatic N) is 1. The van der Waals surface area contributed by atoms with E-state index in [-0.39, 0.29) is 17.5 Å². The van der Waals surface area contributed by atoms with Gasteiger partial charge in [0.2, 0.25) is 0 Å². The number of hydrogen-bond acceptors (Lipinski definition) is 3. The lowest BCUT2D eigenvalue weighted by molar-refractivity contribution is -0.00279. The molecule has 6 heteroatoms. The molecule has 1 aliphatic rings. The molecule has 2 N–H and O–H groups in total. The average molecular weight is 377 g/mol. The number of aromatic nitrogens is 2. The third-order valence-corrected chi connectivity index (χ3v) is 5.19. The van der Waals surface area contributed by atoms with Crippen molar-refractivity contribution in [2.45, 2.75) is 19.4 Å². The van der Waals surface area contributed by atoms with Gasteiger partial charge in [0, 0.05) is 18.2 Å². The van der Waals surface area contributed by atoms with E-state index in [1.54, 1.807) is 0 Å². The molecule has 0 radical (unpaired) electrons. The van der Waals surface area contributed by atoms with Crippen molar-refractivity contribution in [2.24, 2.45) is 0 Å². The Labute approximate surface area is 163 Å². The Kier molecular flexibility index (Phi) is 5.12. The number of hydrogen-bond donors (Lipinski definition) is 2. The monoisotopic (exact) mass is 377 g/mol. The van der Waals surface area contributed by atoms with Crippen LogP contribution in [0, 0.1) is 0 Å². The van der Waals surface area contributed by atoms with Crippen LogP contribution in [0.15, 0.2) is 59.4 Å². The van der Waals surface area contributed by atoms with Crippen molar-refractivity contribution in [3.05, 3.63) is 70.5 Å². The lowest BCUT2D eigenvalue weighted by Gasteiger charge is -2.35. The van der Waals surface area contributed by atoms with Crippen LogP contribution in [-0.2, 0) is 4.74 Å². The molecule has 4 rings (SSSR count). The van der Waals surface area contributed by atoms with E-state index in [9.17, 15) is 9.59 Å². The highest BCUT2D eigenvalue weighted by atomic mass is 16.5. The van der Waals surface area contributed by atoms with Crippen molar-refractivity contribution in [3.63, 3.8) is 0 Å². The molecule has 0 aliphatic carbocycles. The molecule has 0 bridgehead atoms. The zero-order valence-electron chi connectivity index (χ0n) is 15.8. The van der Waals surface area contributed by atoms with Crippen molar-refractivity contribution >= 4 is 5.91 Å². The number of amides is 1. The molecule has 1 atom stereocenters. The van der Waals surface area contributed by atoms with E-state index in [0.717, 1.165) is 28.8 Å². The Morgan fingerprint density at radius 3 is 2.57 bits per heavy atom. The first-order valence-electron chi connectivity index (χ1n) is 9.53. The summed E-state index contributed by atoms with van der Waals surface area (Å²) in [7, 11) is 0. The number of nitrogens with one attached hydrogen (secondary N) is 2. The first-order valence-corrected chi connectivity index (χ1v) is 9.53. The number of ether oxygens (including phenoxy) is 1. The van der Waals surface area contributed by atoms with Crippen LogP contribution < -0.4 is 5.56 Å². The first kappa shape index (κ1) is 18.3. The molecule has 2 heterocycles. The highest BCUT2D eigenvalue weighted by Gasteiger charge is 2.26. The van der Waals surface area contributed by atoms with Gasteiger partial charge in [0.1, 0.15) is 0 Å². The lowest BCUT2D eigenvalue weighted by Crippen LogP contribution is -2.48. The van der Waals surface area contributed by atoms with E-state index in [4.69, 9.17) is 4.74 Å². The first-order chi connectivity index (χ1) is 13.7. The molecule has 1 amide bonds. The summed E-state index contributed by atoms with van der Waals surface area (Å²) in [6.45, 7) is 3.90. The largest absolute Gasteiger partial charge is 0.377 e. The molecule has 2 aromatic carbocycles. The van der Waals surface area contributed by atoms with Gasteiger partial charge in [-0.25, -0.2) is 0 Å². The number of morpholine rings is 1. The summed E-state index contributed by atoms with van der Waals surface area (Å²) in [6.07, 6.45) is 0.883. The third-order valence-electron chi connectivity index (χ3n) is 5.19. The van der Waals surface area contributed by atoms with Gasteiger partial charge in [0.25, 0.3) is 11.5 Å². The Hall–Kier alpha value is -3.12. The van der Waals surface area contributed by atoms with Crippen molar-refractivity contribution in [1.82, 2.24) is 15.1 Å². The molecule has 1 aliphatic heterocycles. The van der Waals surface area contributed by atoms with E-state index in [0.29, 0.717) is 25.3 Å². The fourth-order valence-corrected chi connectivity index (χ4v) is 3.59. The van der Waals surface area contributed by atoms with Crippen LogP contribution in [0.1, 0.15) is 23.7 Å². The molecule has 28 heavy (non-hydrogen) atoms. The summed E-state index contributed by atoms with van der Waals surface area (Å²) in [6, 6.07) is 17.3. The van der Waals surface area contributed by atoms with Crippen LogP contribution >= 0.6 is 0 Å². The Morgan fingerprint density at radius 1 is 1.07 bits per heavy atom. The Morgan fingerprint density at radius 2 is 1.86 bits per heavy atom. The number of rotatable bonds is 4. The quantitative estimate of drug-likeness (QED) is 0.732.